The van der Waals surface area contributed by atoms with E-state index in [9.17, 15) is 0 Å². The standard InChI is InChI=1S/C21H34N2O3.ClH/c1-21(2,15-8-9-19(24-3)20(12-15)25-4)14-23-17-7-5-6-16(17)18-13-26-11-10-22-18;/h8-9,12,16-18,22-23H,5-7,10-11,13-14H2,1-4H3;1H. The van der Waals surface area contributed by atoms with Crippen molar-refractivity contribution < 1.29 is 14.2 Å². The minimum absolute atomic E-state index is 0. The fourth-order valence-electron chi connectivity index (χ4n) is 4.33. The molecule has 1 aliphatic carbocycles. The molecule has 1 saturated carbocycles. The van der Waals surface area contributed by atoms with Crippen LogP contribution in [0.25, 0.3) is 0 Å². The number of ether oxygens (including phenoxy) is 3. The third kappa shape index (κ3) is 5.29. The highest BCUT2D eigenvalue weighted by molar-refractivity contribution is 5.85. The number of halogens is 1. The maximum atomic E-state index is 5.69. The summed E-state index contributed by atoms with van der Waals surface area (Å²) in [6, 6.07) is 7.30. The summed E-state index contributed by atoms with van der Waals surface area (Å²) in [5, 5.41) is 7.52. The van der Waals surface area contributed by atoms with E-state index >= 15 is 0 Å². The summed E-state index contributed by atoms with van der Waals surface area (Å²) in [4.78, 5) is 0. The third-order valence-electron chi connectivity index (χ3n) is 6.01. The molecular formula is C21H35ClN2O3. The molecule has 0 spiro atoms. The van der Waals surface area contributed by atoms with Crippen LogP contribution in [-0.2, 0) is 10.2 Å². The summed E-state index contributed by atoms with van der Waals surface area (Å²) in [5.41, 5.74) is 1.28. The van der Waals surface area contributed by atoms with Gasteiger partial charge in [0.2, 0.25) is 0 Å². The molecule has 1 aromatic rings. The molecule has 2 aliphatic rings. The zero-order chi connectivity index (χ0) is 18.6. The quantitative estimate of drug-likeness (QED) is 0.738. The summed E-state index contributed by atoms with van der Waals surface area (Å²) in [5.74, 6) is 2.23. The van der Waals surface area contributed by atoms with Crippen molar-refractivity contribution in [1.29, 1.82) is 0 Å². The Hall–Kier alpha value is -1.01. The number of rotatable bonds is 7. The number of hydrogen-bond donors (Lipinski definition) is 2. The van der Waals surface area contributed by atoms with E-state index in [0.29, 0.717) is 18.0 Å². The van der Waals surface area contributed by atoms with E-state index in [1.165, 1.54) is 24.8 Å². The molecule has 5 nitrogen and oxygen atoms in total. The Balaban J connectivity index is 0.00000261. The van der Waals surface area contributed by atoms with Gasteiger partial charge in [0.15, 0.2) is 11.5 Å². The van der Waals surface area contributed by atoms with Crippen molar-refractivity contribution >= 4 is 12.4 Å². The molecule has 0 bridgehead atoms. The summed E-state index contributed by atoms with van der Waals surface area (Å²) < 4.78 is 16.5. The van der Waals surface area contributed by atoms with Crippen LogP contribution in [0.1, 0.15) is 38.7 Å². The van der Waals surface area contributed by atoms with Crippen LogP contribution in [0.5, 0.6) is 11.5 Å². The second-order valence-electron chi connectivity index (χ2n) is 8.17. The molecule has 154 valence electrons. The van der Waals surface area contributed by atoms with E-state index in [4.69, 9.17) is 14.2 Å². The maximum Gasteiger partial charge on any atom is 0.161 e. The molecular weight excluding hydrogens is 364 g/mol. The van der Waals surface area contributed by atoms with Gasteiger partial charge < -0.3 is 24.8 Å². The van der Waals surface area contributed by atoms with Gasteiger partial charge in [-0.05, 0) is 36.5 Å². The Morgan fingerprint density at radius 1 is 1.19 bits per heavy atom. The minimum atomic E-state index is 0. The van der Waals surface area contributed by atoms with Gasteiger partial charge in [0.25, 0.3) is 0 Å². The van der Waals surface area contributed by atoms with Crippen molar-refractivity contribution in [3.63, 3.8) is 0 Å². The van der Waals surface area contributed by atoms with Crippen LogP contribution in [0.3, 0.4) is 0 Å². The zero-order valence-electron chi connectivity index (χ0n) is 17.0. The Labute approximate surface area is 169 Å². The van der Waals surface area contributed by atoms with E-state index in [1.807, 2.05) is 6.07 Å². The van der Waals surface area contributed by atoms with Crippen molar-refractivity contribution in [3.8, 4) is 11.5 Å². The van der Waals surface area contributed by atoms with Crippen LogP contribution >= 0.6 is 12.4 Å². The summed E-state index contributed by atoms with van der Waals surface area (Å²) in [7, 11) is 3.36. The van der Waals surface area contributed by atoms with Gasteiger partial charge in [-0.3, -0.25) is 0 Å². The van der Waals surface area contributed by atoms with Crippen LogP contribution in [0.4, 0.5) is 0 Å². The highest BCUT2D eigenvalue weighted by Gasteiger charge is 2.35. The van der Waals surface area contributed by atoms with E-state index in [1.54, 1.807) is 14.2 Å². The Morgan fingerprint density at radius 2 is 1.96 bits per heavy atom. The van der Waals surface area contributed by atoms with Gasteiger partial charge in [-0.15, -0.1) is 12.4 Å². The summed E-state index contributed by atoms with van der Waals surface area (Å²) in [6.45, 7) is 8.18. The molecule has 0 aromatic heterocycles. The second-order valence-corrected chi connectivity index (χ2v) is 8.17. The first-order chi connectivity index (χ1) is 12.5. The lowest BCUT2D eigenvalue weighted by molar-refractivity contribution is 0.0522. The molecule has 1 heterocycles. The summed E-state index contributed by atoms with van der Waals surface area (Å²) >= 11 is 0. The highest BCUT2D eigenvalue weighted by Crippen LogP contribution is 2.34. The fourth-order valence-corrected chi connectivity index (χ4v) is 4.33. The van der Waals surface area contributed by atoms with Crippen molar-refractivity contribution in [2.24, 2.45) is 5.92 Å². The van der Waals surface area contributed by atoms with E-state index in [2.05, 4.69) is 36.6 Å². The molecule has 6 heteroatoms. The highest BCUT2D eigenvalue weighted by atomic mass is 35.5. The SMILES string of the molecule is COc1ccc(C(C)(C)CNC2CCCC2C2COCCN2)cc1OC.Cl. The topological polar surface area (TPSA) is 51.8 Å². The average molecular weight is 399 g/mol. The molecule has 3 unspecified atom stereocenters. The van der Waals surface area contributed by atoms with Crippen molar-refractivity contribution in [2.45, 2.75) is 50.6 Å². The Kier molecular flexibility index (Phi) is 8.22. The predicted octanol–water partition coefficient (Wildman–Crippen LogP) is 3.15. The largest absolute Gasteiger partial charge is 0.493 e. The van der Waals surface area contributed by atoms with E-state index in [0.717, 1.165) is 37.8 Å². The van der Waals surface area contributed by atoms with Gasteiger partial charge in [-0.2, -0.15) is 0 Å². The molecule has 1 aromatic carbocycles. The first kappa shape index (κ1) is 22.3. The lowest BCUT2D eigenvalue weighted by Crippen LogP contribution is -2.52. The van der Waals surface area contributed by atoms with Gasteiger partial charge in [0, 0.05) is 30.6 Å². The number of methoxy groups -OCH3 is 2. The summed E-state index contributed by atoms with van der Waals surface area (Å²) in [6.07, 6.45) is 3.84. The fraction of sp³-hybridized carbons (Fsp3) is 0.714. The molecule has 2 fully saturated rings. The molecule has 0 radical (unpaired) electrons. The van der Waals surface area contributed by atoms with Crippen molar-refractivity contribution in [2.75, 3.05) is 40.5 Å². The van der Waals surface area contributed by atoms with Gasteiger partial charge >= 0.3 is 0 Å². The first-order valence-electron chi connectivity index (χ1n) is 9.82. The van der Waals surface area contributed by atoms with Crippen LogP contribution < -0.4 is 20.1 Å². The first-order valence-corrected chi connectivity index (χ1v) is 9.82. The molecule has 1 saturated heterocycles. The van der Waals surface area contributed by atoms with Gasteiger partial charge in [-0.1, -0.05) is 26.3 Å². The number of nitrogens with one attached hydrogen (secondary N) is 2. The normalized spacial score (nSPS) is 25.7. The van der Waals surface area contributed by atoms with Crippen molar-refractivity contribution in [1.82, 2.24) is 10.6 Å². The number of morpholine rings is 1. The lowest BCUT2D eigenvalue weighted by Gasteiger charge is -2.35. The second kappa shape index (κ2) is 9.97. The van der Waals surface area contributed by atoms with Crippen LogP contribution in [0, 0.1) is 5.92 Å². The smallest absolute Gasteiger partial charge is 0.161 e. The monoisotopic (exact) mass is 398 g/mol. The molecule has 0 amide bonds. The molecule has 27 heavy (non-hydrogen) atoms. The number of benzene rings is 1. The van der Waals surface area contributed by atoms with Crippen LogP contribution in [-0.4, -0.2) is 52.6 Å². The molecule has 3 rings (SSSR count). The van der Waals surface area contributed by atoms with Gasteiger partial charge in [0.1, 0.15) is 0 Å². The lowest BCUT2D eigenvalue weighted by atomic mass is 9.83. The third-order valence-corrected chi connectivity index (χ3v) is 6.01. The van der Waals surface area contributed by atoms with Crippen molar-refractivity contribution in [3.05, 3.63) is 23.8 Å². The average Bonchev–Trinajstić information content (AvgIpc) is 3.15. The maximum absolute atomic E-state index is 5.69. The molecule has 1 aliphatic heterocycles. The van der Waals surface area contributed by atoms with Crippen LogP contribution in [0.2, 0.25) is 0 Å². The number of hydrogen-bond acceptors (Lipinski definition) is 5. The van der Waals surface area contributed by atoms with Crippen LogP contribution in [0.15, 0.2) is 18.2 Å². The zero-order valence-corrected chi connectivity index (χ0v) is 17.9. The van der Waals surface area contributed by atoms with Gasteiger partial charge in [-0.25, -0.2) is 0 Å². The Morgan fingerprint density at radius 3 is 2.63 bits per heavy atom. The molecule has 2 N–H and O–H groups in total. The van der Waals surface area contributed by atoms with E-state index < -0.39 is 0 Å². The minimum Gasteiger partial charge on any atom is -0.493 e. The predicted molar refractivity (Wildman–Crippen MR) is 112 cm³/mol. The molecule has 3 atom stereocenters. The van der Waals surface area contributed by atoms with Gasteiger partial charge in [0.05, 0.1) is 27.4 Å². The Bertz CT molecular complexity index is 591. The van der Waals surface area contributed by atoms with E-state index in [-0.39, 0.29) is 17.8 Å².